The highest BCUT2D eigenvalue weighted by Gasteiger charge is 2.27. The number of Topliss-reactive ketones (excluding diaryl/α,β-unsaturated/α-hetero) is 1. The van der Waals surface area contributed by atoms with Crippen molar-refractivity contribution in [1.82, 2.24) is 24.5 Å². The quantitative estimate of drug-likeness (QED) is 0.669. The minimum atomic E-state index is 0.0508. The molecule has 0 bridgehead atoms. The van der Waals surface area contributed by atoms with Crippen molar-refractivity contribution in [3.05, 3.63) is 71.5 Å². The van der Waals surface area contributed by atoms with Crippen LogP contribution in [-0.4, -0.2) is 43.4 Å². The molecule has 1 fully saturated rings. The zero-order valence-corrected chi connectivity index (χ0v) is 15.3. The second-order valence-electron chi connectivity index (χ2n) is 6.61. The topological polar surface area (TPSA) is 68.8 Å². The zero-order chi connectivity index (χ0) is 18.8. The number of pyridine rings is 1. The lowest BCUT2D eigenvalue weighted by atomic mass is 9.95. The number of aromatic nitrogens is 5. The average Bonchev–Trinajstić information content (AvgIpc) is 3.27. The summed E-state index contributed by atoms with van der Waals surface area (Å²) in [6, 6.07) is 5.80. The Morgan fingerprint density at radius 3 is 1.96 bits per heavy atom. The Balaban J connectivity index is 1.73. The normalized spacial score (nSPS) is 17.9. The number of hydrogen-bond donors (Lipinski definition) is 0. The van der Waals surface area contributed by atoms with Crippen molar-refractivity contribution in [2.75, 3.05) is 18.0 Å². The van der Waals surface area contributed by atoms with Gasteiger partial charge in [0.25, 0.3) is 0 Å². The Kier molecular flexibility index (Phi) is 4.42. The largest absolute Gasteiger partial charge is 0.348 e. The molecule has 7 heteroatoms. The van der Waals surface area contributed by atoms with Gasteiger partial charge in [-0.15, -0.1) is 0 Å². The van der Waals surface area contributed by atoms with Crippen molar-refractivity contribution in [3.63, 3.8) is 0 Å². The molecule has 3 aromatic heterocycles. The molecular formula is C20H20N6O. The first-order valence-electron chi connectivity index (χ1n) is 8.67. The maximum atomic E-state index is 13.1. The van der Waals surface area contributed by atoms with Gasteiger partial charge in [-0.25, -0.2) is 4.98 Å². The molecule has 0 N–H and O–H groups in total. The molecule has 0 aliphatic carbocycles. The van der Waals surface area contributed by atoms with E-state index >= 15 is 0 Å². The molecule has 4 rings (SSSR count). The van der Waals surface area contributed by atoms with Crippen LogP contribution in [0.4, 0.5) is 5.82 Å². The Morgan fingerprint density at radius 2 is 1.52 bits per heavy atom. The van der Waals surface area contributed by atoms with Crippen LogP contribution in [0.15, 0.2) is 60.3 Å². The van der Waals surface area contributed by atoms with Crippen LogP contribution in [0.2, 0.25) is 0 Å². The number of hydrogen-bond acceptors (Lipinski definition) is 5. The summed E-state index contributed by atoms with van der Waals surface area (Å²) in [5.74, 6) is 0.897. The van der Waals surface area contributed by atoms with E-state index in [2.05, 4.69) is 20.1 Å². The third-order valence-corrected chi connectivity index (χ3v) is 4.41. The van der Waals surface area contributed by atoms with E-state index in [4.69, 9.17) is 0 Å². The van der Waals surface area contributed by atoms with Gasteiger partial charge in [0.15, 0.2) is 5.78 Å². The molecule has 0 saturated carbocycles. The van der Waals surface area contributed by atoms with Gasteiger partial charge < -0.3 is 4.90 Å². The third-order valence-electron chi connectivity index (χ3n) is 4.41. The molecule has 3 aromatic rings. The van der Waals surface area contributed by atoms with E-state index in [-0.39, 0.29) is 5.78 Å². The lowest BCUT2D eigenvalue weighted by molar-refractivity contribution is -0.112. The summed E-state index contributed by atoms with van der Waals surface area (Å²) in [7, 11) is 3.72. The summed E-state index contributed by atoms with van der Waals surface area (Å²) in [4.78, 5) is 19.6. The monoisotopic (exact) mass is 360 g/mol. The van der Waals surface area contributed by atoms with Crippen LogP contribution < -0.4 is 4.90 Å². The molecule has 0 amide bonds. The number of nitrogens with zero attached hydrogens (tertiary/aromatic N) is 6. The number of piperidine rings is 1. The van der Waals surface area contributed by atoms with Crippen LogP contribution in [0, 0.1) is 0 Å². The van der Waals surface area contributed by atoms with Crippen LogP contribution in [0.5, 0.6) is 0 Å². The first-order valence-corrected chi connectivity index (χ1v) is 8.67. The maximum absolute atomic E-state index is 13.1. The molecule has 0 aromatic carbocycles. The smallest absolute Gasteiger partial charge is 0.188 e. The second-order valence-corrected chi connectivity index (χ2v) is 6.61. The van der Waals surface area contributed by atoms with E-state index in [1.807, 2.05) is 56.8 Å². The third kappa shape index (κ3) is 3.72. The van der Waals surface area contributed by atoms with Crippen LogP contribution in [0.3, 0.4) is 0 Å². The summed E-state index contributed by atoms with van der Waals surface area (Å²) in [6.07, 6.45) is 12.9. The number of anilines is 1. The van der Waals surface area contributed by atoms with Crippen molar-refractivity contribution in [2.24, 2.45) is 14.1 Å². The van der Waals surface area contributed by atoms with Crippen LogP contribution in [0.25, 0.3) is 12.2 Å². The van der Waals surface area contributed by atoms with Gasteiger partial charge in [-0.3, -0.25) is 14.2 Å². The standard InChI is InChI=1S/C20H20N6O/c1-24-11-15(9-22-24)7-17-13-26(19-5-3-4-6-21-19)14-18(20(17)27)8-16-10-23-25(2)12-16/h3-12H,13-14H2,1-2H3/b17-7-,18-8+. The molecule has 1 aliphatic rings. The lowest BCUT2D eigenvalue weighted by Crippen LogP contribution is -2.38. The van der Waals surface area contributed by atoms with Crippen molar-refractivity contribution in [2.45, 2.75) is 0 Å². The molecule has 1 saturated heterocycles. The number of carbonyl (C=O) groups is 1. The number of rotatable bonds is 3. The summed E-state index contributed by atoms with van der Waals surface area (Å²) >= 11 is 0. The zero-order valence-electron chi connectivity index (χ0n) is 15.3. The summed E-state index contributed by atoms with van der Waals surface area (Å²) in [6.45, 7) is 1.02. The SMILES string of the molecule is Cn1cc(/C=C2/CN(c3ccccn3)C/C(=C\c3cnn(C)c3)C2=O)cn1. The van der Waals surface area contributed by atoms with Gasteiger partial charge >= 0.3 is 0 Å². The van der Waals surface area contributed by atoms with Gasteiger partial charge in [-0.05, 0) is 24.3 Å². The fraction of sp³-hybridized carbons (Fsp3) is 0.200. The molecule has 0 spiro atoms. The highest BCUT2D eigenvalue weighted by Crippen LogP contribution is 2.25. The Bertz CT molecular complexity index is 965. The van der Waals surface area contributed by atoms with Crippen molar-refractivity contribution in [1.29, 1.82) is 0 Å². The number of aryl methyl sites for hydroxylation is 2. The van der Waals surface area contributed by atoms with Crippen molar-refractivity contribution < 1.29 is 4.79 Å². The highest BCUT2D eigenvalue weighted by atomic mass is 16.1. The van der Waals surface area contributed by atoms with Gasteiger partial charge in [0, 0.05) is 68.0 Å². The van der Waals surface area contributed by atoms with Gasteiger partial charge in [-0.2, -0.15) is 10.2 Å². The molecule has 27 heavy (non-hydrogen) atoms. The lowest BCUT2D eigenvalue weighted by Gasteiger charge is -2.30. The molecule has 7 nitrogen and oxygen atoms in total. The van der Waals surface area contributed by atoms with E-state index in [1.165, 1.54) is 0 Å². The Labute approximate surface area is 157 Å². The highest BCUT2D eigenvalue weighted by molar-refractivity contribution is 6.15. The van der Waals surface area contributed by atoms with E-state index in [0.29, 0.717) is 13.1 Å². The van der Waals surface area contributed by atoms with E-state index in [0.717, 1.165) is 28.1 Å². The van der Waals surface area contributed by atoms with Crippen LogP contribution in [-0.2, 0) is 18.9 Å². The van der Waals surface area contributed by atoms with Gasteiger partial charge in [0.2, 0.25) is 0 Å². The summed E-state index contributed by atoms with van der Waals surface area (Å²) in [5, 5.41) is 8.37. The van der Waals surface area contributed by atoms with Gasteiger partial charge in [0.1, 0.15) is 5.82 Å². The fourth-order valence-electron chi connectivity index (χ4n) is 3.17. The fourth-order valence-corrected chi connectivity index (χ4v) is 3.17. The van der Waals surface area contributed by atoms with Gasteiger partial charge in [0.05, 0.1) is 12.4 Å². The first-order chi connectivity index (χ1) is 13.1. The predicted octanol–water partition coefficient (Wildman–Crippen LogP) is 2.10. The predicted molar refractivity (Wildman–Crippen MR) is 104 cm³/mol. The molecule has 0 unspecified atom stereocenters. The summed E-state index contributed by atoms with van der Waals surface area (Å²) < 4.78 is 3.45. The Morgan fingerprint density at radius 1 is 0.926 bits per heavy atom. The average molecular weight is 360 g/mol. The Hall–Kier alpha value is -3.48. The van der Waals surface area contributed by atoms with E-state index in [9.17, 15) is 4.79 Å². The molecule has 0 atom stereocenters. The molecule has 0 radical (unpaired) electrons. The maximum Gasteiger partial charge on any atom is 0.188 e. The van der Waals surface area contributed by atoms with Crippen molar-refractivity contribution in [3.8, 4) is 0 Å². The van der Waals surface area contributed by atoms with Crippen LogP contribution in [0.1, 0.15) is 11.1 Å². The van der Waals surface area contributed by atoms with Gasteiger partial charge in [-0.1, -0.05) is 6.07 Å². The van der Waals surface area contributed by atoms with E-state index < -0.39 is 0 Å². The molecule has 1 aliphatic heterocycles. The molecule has 136 valence electrons. The molecular weight excluding hydrogens is 340 g/mol. The van der Waals surface area contributed by atoms with Crippen molar-refractivity contribution >= 4 is 23.8 Å². The van der Waals surface area contributed by atoms with Crippen LogP contribution >= 0.6 is 0 Å². The van der Waals surface area contributed by atoms with E-state index in [1.54, 1.807) is 28.0 Å². The number of carbonyl (C=O) groups excluding carboxylic acids is 1. The minimum Gasteiger partial charge on any atom is -0.348 e. The molecule has 4 heterocycles. The summed E-state index contributed by atoms with van der Waals surface area (Å²) in [5.41, 5.74) is 3.25. The first kappa shape index (κ1) is 17.0. The second kappa shape index (κ2) is 7.03. The minimum absolute atomic E-state index is 0.0508. The number of ketones is 1.